The van der Waals surface area contributed by atoms with Crippen molar-refractivity contribution in [1.29, 1.82) is 0 Å². The Bertz CT molecular complexity index is 464. The number of hydrogen-bond acceptors (Lipinski definition) is 4. The van der Waals surface area contributed by atoms with E-state index in [4.69, 9.17) is 10.2 Å². The molecular formula is C11H15N3O. The van der Waals surface area contributed by atoms with Crippen LogP contribution in [-0.2, 0) is 0 Å². The number of benzene rings is 1. The van der Waals surface area contributed by atoms with Gasteiger partial charge in [-0.1, -0.05) is 6.92 Å². The Morgan fingerprint density at radius 1 is 1.53 bits per heavy atom. The maximum absolute atomic E-state index is 5.65. The van der Waals surface area contributed by atoms with Crippen molar-refractivity contribution in [2.75, 3.05) is 11.1 Å². The van der Waals surface area contributed by atoms with E-state index >= 15 is 0 Å². The second-order valence-electron chi connectivity index (χ2n) is 3.70. The summed E-state index contributed by atoms with van der Waals surface area (Å²) in [6.07, 6.45) is 1.03. The van der Waals surface area contributed by atoms with Gasteiger partial charge in [-0.05, 0) is 25.5 Å². The highest BCUT2D eigenvalue weighted by Gasteiger charge is 2.07. The molecule has 4 nitrogen and oxygen atoms in total. The number of anilines is 2. The molecule has 3 N–H and O–H groups in total. The normalized spacial score (nSPS) is 12.9. The molecule has 0 radical (unpaired) electrons. The van der Waals surface area contributed by atoms with Gasteiger partial charge in [0.15, 0.2) is 5.58 Å². The average Bonchev–Trinajstić information content (AvgIpc) is 2.59. The van der Waals surface area contributed by atoms with Crippen LogP contribution < -0.4 is 11.1 Å². The quantitative estimate of drug-likeness (QED) is 0.756. The van der Waals surface area contributed by atoms with Crippen molar-refractivity contribution in [3.05, 3.63) is 18.2 Å². The molecule has 4 heteroatoms. The Hall–Kier alpha value is -1.71. The van der Waals surface area contributed by atoms with E-state index in [-0.39, 0.29) is 0 Å². The molecule has 0 saturated carbocycles. The number of nitrogen functional groups attached to an aromatic ring is 1. The summed E-state index contributed by atoms with van der Waals surface area (Å²) in [5.74, 6) is 0. The van der Waals surface area contributed by atoms with Crippen LogP contribution in [0.1, 0.15) is 20.3 Å². The van der Waals surface area contributed by atoms with E-state index in [1.54, 1.807) is 6.07 Å². The highest BCUT2D eigenvalue weighted by Crippen LogP contribution is 2.21. The molecule has 1 heterocycles. The number of nitrogens with one attached hydrogen (secondary N) is 1. The van der Waals surface area contributed by atoms with E-state index in [0.717, 1.165) is 17.5 Å². The van der Waals surface area contributed by atoms with Crippen LogP contribution in [0.5, 0.6) is 0 Å². The number of fused-ring (bicyclic) bond motifs is 1. The monoisotopic (exact) mass is 205 g/mol. The summed E-state index contributed by atoms with van der Waals surface area (Å²) in [5.41, 5.74) is 7.89. The second kappa shape index (κ2) is 3.81. The number of rotatable bonds is 3. The van der Waals surface area contributed by atoms with Crippen LogP contribution in [0.4, 0.5) is 11.7 Å². The fourth-order valence-corrected chi connectivity index (χ4v) is 1.32. The lowest BCUT2D eigenvalue weighted by Crippen LogP contribution is -2.13. The predicted molar refractivity (Wildman–Crippen MR) is 61.8 cm³/mol. The zero-order valence-corrected chi connectivity index (χ0v) is 8.95. The van der Waals surface area contributed by atoms with Crippen molar-refractivity contribution in [1.82, 2.24) is 4.98 Å². The number of oxazole rings is 1. The lowest BCUT2D eigenvalue weighted by Gasteiger charge is -2.07. The number of aromatic nitrogens is 1. The van der Waals surface area contributed by atoms with Gasteiger partial charge >= 0.3 is 0 Å². The Balaban J connectivity index is 2.30. The fourth-order valence-electron chi connectivity index (χ4n) is 1.32. The number of nitrogens with two attached hydrogens (primary N) is 1. The second-order valence-corrected chi connectivity index (χ2v) is 3.70. The summed E-state index contributed by atoms with van der Waals surface area (Å²) in [6.45, 7) is 4.20. The van der Waals surface area contributed by atoms with Crippen LogP contribution in [0.25, 0.3) is 11.1 Å². The van der Waals surface area contributed by atoms with E-state index in [1.807, 2.05) is 12.1 Å². The van der Waals surface area contributed by atoms with Gasteiger partial charge in [0.2, 0.25) is 0 Å². The molecule has 0 spiro atoms. The van der Waals surface area contributed by atoms with Gasteiger partial charge in [0, 0.05) is 17.8 Å². The molecule has 1 unspecified atom stereocenters. The fraction of sp³-hybridized carbons (Fsp3) is 0.364. The van der Waals surface area contributed by atoms with Crippen LogP contribution in [0.2, 0.25) is 0 Å². The minimum Gasteiger partial charge on any atom is -0.423 e. The minimum absolute atomic E-state index is 0.357. The van der Waals surface area contributed by atoms with Crippen LogP contribution in [-0.4, -0.2) is 11.0 Å². The van der Waals surface area contributed by atoms with Gasteiger partial charge in [0.05, 0.1) is 0 Å². The molecule has 1 aromatic heterocycles. The van der Waals surface area contributed by atoms with E-state index in [0.29, 0.717) is 17.7 Å². The summed E-state index contributed by atoms with van der Waals surface area (Å²) < 4.78 is 5.52. The molecule has 2 rings (SSSR count). The smallest absolute Gasteiger partial charge is 0.295 e. The van der Waals surface area contributed by atoms with Gasteiger partial charge < -0.3 is 15.5 Å². The highest BCUT2D eigenvalue weighted by atomic mass is 16.4. The first-order chi connectivity index (χ1) is 7.19. The molecule has 0 aliphatic carbocycles. The standard InChI is InChI=1S/C11H15N3O/c1-3-7(2)13-11-14-9-5-4-8(12)6-10(9)15-11/h4-7H,3,12H2,1-2H3,(H,13,14). The SMILES string of the molecule is CCC(C)Nc1nc2ccc(N)cc2o1. The Labute approximate surface area is 88.5 Å². The third-order valence-electron chi connectivity index (χ3n) is 2.39. The molecule has 0 amide bonds. The zero-order valence-electron chi connectivity index (χ0n) is 8.95. The summed E-state index contributed by atoms with van der Waals surface area (Å²) >= 11 is 0. The van der Waals surface area contributed by atoms with Gasteiger partial charge in [0.25, 0.3) is 6.01 Å². The van der Waals surface area contributed by atoms with Crippen molar-refractivity contribution in [3.63, 3.8) is 0 Å². The van der Waals surface area contributed by atoms with Crippen molar-refractivity contribution >= 4 is 22.8 Å². The van der Waals surface area contributed by atoms with Crippen LogP contribution in [0, 0.1) is 0 Å². The average molecular weight is 205 g/mol. The summed E-state index contributed by atoms with van der Waals surface area (Å²) in [6, 6.07) is 6.37. The first-order valence-corrected chi connectivity index (χ1v) is 5.11. The van der Waals surface area contributed by atoms with Gasteiger partial charge in [-0.2, -0.15) is 4.98 Å². The van der Waals surface area contributed by atoms with Gasteiger partial charge in [-0.3, -0.25) is 0 Å². The molecule has 80 valence electrons. The van der Waals surface area contributed by atoms with E-state index in [2.05, 4.69) is 24.1 Å². The van der Waals surface area contributed by atoms with Gasteiger partial charge in [-0.15, -0.1) is 0 Å². The maximum atomic E-state index is 5.65. The molecule has 0 aliphatic rings. The van der Waals surface area contributed by atoms with Crippen LogP contribution in [0.3, 0.4) is 0 Å². The number of hydrogen-bond donors (Lipinski definition) is 2. The number of nitrogens with zero attached hydrogens (tertiary/aromatic N) is 1. The third kappa shape index (κ3) is 2.03. The molecular weight excluding hydrogens is 190 g/mol. The van der Waals surface area contributed by atoms with Crippen LogP contribution in [0.15, 0.2) is 22.6 Å². The zero-order chi connectivity index (χ0) is 10.8. The predicted octanol–water partition coefficient (Wildman–Crippen LogP) is 2.62. The molecule has 1 atom stereocenters. The van der Waals surface area contributed by atoms with Gasteiger partial charge in [-0.25, -0.2) is 0 Å². The lowest BCUT2D eigenvalue weighted by molar-refractivity contribution is 0.596. The van der Waals surface area contributed by atoms with E-state index in [1.165, 1.54) is 0 Å². The summed E-state index contributed by atoms with van der Waals surface area (Å²) in [7, 11) is 0. The largest absolute Gasteiger partial charge is 0.423 e. The molecule has 0 fully saturated rings. The highest BCUT2D eigenvalue weighted by molar-refractivity contribution is 5.78. The molecule has 1 aromatic carbocycles. The third-order valence-corrected chi connectivity index (χ3v) is 2.39. The topological polar surface area (TPSA) is 64.1 Å². The minimum atomic E-state index is 0.357. The van der Waals surface area contributed by atoms with Crippen molar-refractivity contribution < 1.29 is 4.42 Å². The van der Waals surface area contributed by atoms with Crippen molar-refractivity contribution in [3.8, 4) is 0 Å². The van der Waals surface area contributed by atoms with Gasteiger partial charge in [0.1, 0.15) is 5.52 Å². The molecule has 0 bridgehead atoms. The Kier molecular flexibility index (Phi) is 2.49. The summed E-state index contributed by atoms with van der Waals surface area (Å²) in [5, 5.41) is 3.18. The molecule has 2 aromatic rings. The van der Waals surface area contributed by atoms with Crippen LogP contribution >= 0.6 is 0 Å². The van der Waals surface area contributed by atoms with Crippen molar-refractivity contribution in [2.45, 2.75) is 26.3 Å². The summed E-state index contributed by atoms with van der Waals surface area (Å²) in [4.78, 5) is 4.31. The molecule has 0 aliphatic heterocycles. The van der Waals surface area contributed by atoms with Crippen molar-refractivity contribution in [2.24, 2.45) is 0 Å². The molecule has 15 heavy (non-hydrogen) atoms. The first kappa shape index (κ1) is 9.83. The lowest BCUT2D eigenvalue weighted by atomic mass is 10.3. The van der Waals surface area contributed by atoms with E-state index in [9.17, 15) is 0 Å². The Morgan fingerprint density at radius 2 is 2.33 bits per heavy atom. The first-order valence-electron chi connectivity index (χ1n) is 5.11. The Morgan fingerprint density at radius 3 is 3.07 bits per heavy atom. The molecule has 0 saturated heterocycles. The van der Waals surface area contributed by atoms with E-state index < -0.39 is 0 Å². The maximum Gasteiger partial charge on any atom is 0.295 e.